The van der Waals surface area contributed by atoms with Crippen LogP contribution in [0.1, 0.15) is 10.5 Å². The molecule has 2 rings (SSSR count). The van der Waals surface area contributed by atoms with Crippen LogP contribution in [0.25, 0.3) is 12.3 Å². The number of nitrogens with zero attached hydrogens (tertiary/aromatic N) is 1. The van der Waals surface area contributed by atoms with Crippen molar-refractivity contribution < 1.29 is 9.53 Å². The Labute approximate surface area is 73.2 Å². The molecule has 0 spiro atoms. The van der Waals surface area contributed by atoms with Gasteiger partial charge in [-0.3, -0.25) is 9.89 Å². The molecule has 0 aromatic carbocycles. The van der Waals surface area contributed by atoms with Crippen LogP contribution in [-0.2, 0) is 4.74 Å². The molecule has 0 saturated heterocycles. The highest BCUT2D eigenvalue weighted by Gasteiger charge is 2.07. The SMILES string of the molecule is NC(=O)c1n[nH]c2c1=CC=COC=2. The maximum absolute atomic E-state index is 10.9. The number of aromatic nitrogens is 2. The summed E-state index contributed by atoms with van der Waals surface area (Å²) >= 11 is 0. The molecule has 0 fully saturated rings. The van der Waals surface area contributed by atoms with Crippen molar-refractivity contribution in [3.8, 4) is 0 Å². The number of rotatable bonds is 1. The molecule has 66 valence electrons. The number of carbonyl (C=O) groups is 1. The van der Waals surface area contributed by atoms with E-state index in [0.717, 1.165) is 0 Å². The van der Waals surface area contributed by atoms with E-state index in [1.807, 2.05) is 0 Å². The van der Waals surface area contributed by atoms with E-state index < -0.39 is 5.91 Å². The minimum absolute atomic E-state index is 0.224. The fourth-order valence-electron chi connectivity index (χ4n) is 1.10. The molecular weight excluding hydrogens is 170 g/mol. The Morgan fingerprint density at radius 2 is 2.46 bits per heavy atom. The third kappa shape index (κ3) is 1.20. The molecule has 0 bridgehead atoms. The summed E-state index contributed by atoms with van der Waals surface area (Å²) in [5, 5.41) is 7.70. The van der Waals surface area contributed by atoms with Gasteiger partial charge in [-0.2, -0.15) is 5.10 Å². The van der Waals surface area contributed by atoms with Crippen molar-refractivity contribution in [2.45, 2.75) is 0 Å². The molecular formula is C8H7N3O2. The Hall–Kier alpha value is -2.04. The molecule has 1 aliphatic rings. The fraction of sp³-hybridized carbons (Fsp3) is 0. The number of nitrogens with two attached hydrogens (primary N) is 1. The molecule has 0 aliphatic carbocycles. The number of hydrogen-bond acceptors (Lipinski definition) is 3. The maximum Gasteiger partial charge on any atom is 0.269 e. The lowest BCUT2D eigenvalue weighted by atomic mass is 10.3. The number of ether oxygens (including phenoxy) is 1. The summed E-state index contributed by atoms with van der Waals surface area (Å²) in [6, 6.07) is 0. The highest BCUT2D eigenvalue weighted by molar-refractivity contribution is 5.91. The fourth-order valence-corrected chi connectivity index (χ4v) is 1.10. The number of carbonyl (C=O) groups excluding carboxylic acids is 1. The molecule has 1 amide bonds. The van der Waals surface area contributed by atoms with Crippen LogP contribution >= 0.6 is 0 Å². The van der Waals surface area contributed by atoms with Gasteiger partial charge in [-0.1, -0.05) is 0 Å². The minimum Gasteiger partial charge on any atom is -0.470 e. The summed E-state index contributed by atoms with van der Waals surface area (Å²) in [6.45, 7) is 0. The van der Waals surface area contributed by atoms with Gasteiger partial charge in [0.15, 0.2) is 5.69 Å². The standard InChI is InChI=1S/C8H7N3O2/c9-8(12)7-5-2-1-3-13-4-6(5)10-11-7/h1-4,10H,(H2,9,12). The summed E-state index contributed by atoms with van der Waals surface area (Å²) in [4.78, 5) is 10.9. The second-order valence-corrected chi connectivity index (χ2v) is 2.51. The van der Waals surface area contributed by atoms with Crippen molar-refractivity contribution in [2.24, 2.45) is 5.73 Å². The highest BCUT2D eigenvalue weighted by atomic mass is 16.5. The van der Waals surface area contributed by atoms with Crippen LogP contribution in [0.3, 0.4) is 0 Å². The first-order chi connectivity index (χ1) is 6.29. The van der Waals surface area contributed by atoms with Crippen molar-refractivity contribution in [1.82, 2.24) is 10.2 Å². The van der Waals surface area contributed by atoms with Crippen LogP contribution < -0.4 is 16.3 Å². The molecule has 0 radical (unpaired) electrons. The minimum atomic E-state index is -0.558. The van der Waals surface area contributed by atoms with Crippen LogP contribution in [0.5, 0.6) is 0 Å². The number of H-pyrrole nitrogens is 1. The topological polar surface area (TPSA) is 81.0 Å². The first-order valence-corrected chi connectivity index (χ1v) is 3.66. The van der Waals surface area contributed by atoms with Gasteiger partial charge in [0.1, 0.15) is 11.6 Å². The Balaban J connectivity index is 2.78. The summed E-state index contributed by atoms with van der Waals surface area (Å²) in [7, 11) is 0. The van der Waals surface area contributed by atoms with Crippen molar-refractivity contribution in [1.29, 1.82) is 0 Å². The predicted molar refractivity (Wildman–Crippen MR) is 45.5 cm³/mol. The number of fused-ring (bicyclic) bond motifs is 1. The number of nitrogens with one attached hydrogen (secondary N) is 1. The molecule has 1 aromatic heterocycles. The smallest absolute Gasteiger partial charge is 0.269 e. The molecule has 13 heavy (non-hydrogen) atoms. The average molecular weight is 177 g/mol. The van der Waals surface area contributed by atoms with Gasteiger partial charge < -0.3 is 10.5 Å². The lowest BCUT2D eigenvalue weighted by molar-refractivity contribution is 0.0994. The van der Waals surface area contributed by atoms with Gasteiger partial charge in [0, 0.05) is 5.22 Å². The monoisotopic (exact) mass is 177 g/mol. The molecule has 0 saturated carbocycles. The Kier molecular flexibility index (Phi) is 1.63. The van der Waals surface area contributed by atoms with Gasteiger partial charge in [0.25, 0.3) is 5.91 Å². The Morgan fingerprint density at radius 3 is 3.23 bits per heavy atom. The quantitative estimate of drug-likeness (QED) is 0.552. The van der Waals surface area contributed by atoms with E-state index in [-0.39, 0.29) is 5.69 Å². The molecule has 3 N–H and O–H groups in total. The van der Waals surface area contributed by atoms with Crippen LogP contribution in [-0.4, -0.2) is 16.1 Å². The van der Waals surface area contributed by atoms with Crippen LogP contribution in [0.4, 0.5) is 0 Å². The molecule has 0 unspecified atom stereocenters. The van der Waals surface area contributed by atoms with Crippen LogP contribution in [0.15, 0.2) is 12.3 Å². The van der Waals surface area contributed by atoms with Gasteiger partial charge in [-0.05, 0) is 12.2 Å². The first kappa shape index (κ1) is 7.60. The van der Waals surface area contributed by atoms with Crippen LogP contribution in [0.2, 0.25) is 0 Å². The zero-order chi connectivity index (χ0) is 9.26. The van der Waals surface area contributed by atoms with E-state index in [4.69, 9.17) is 10.5 Å². The Morgan fingerprint density at radius 1 is 1.62 bits per heavy atom. The van der Waals surface area contributed by atoms with Crippen molar-refractivity contribution in [2.75, 3.05) is 0 Å². The number of hydrogen-bond donors (Lipinski definition) is 2. The van der Waals surface area contributed by atoms with E-state index in [0.29, 0.717) is 10.6 Å². The van der Waals surface area contributed by atoms with Gasteiger partial charge in [-0.25, -0.2) is 0 Å². The van der Waals surface area contributed by atoms with Crippen LogP contribution in [0, 0.1) is 0 Å². The largest absolute Gasteiger partial charge is 0.470 e. The normalized spacial score (nSPS) is 13.2. The summed E-state index contributed by atoms with van der Waals surface area (Å²) in [5.74, 6) is -0.558. The number of amides is 1. The third-order valence-corrected chi connectivity index (χ3v) is 1.67. The average Bonchev–Trinajstić information content (AvgIpc) is 2.36. The second kappa shape index (κ2) is 2.78. The molecule has 1 aromatic rings. The maximum atomic E-state index is 10.9. The van der Waals surface area contributed by atoms with Crippen molar-refractivity contribution in [3.05, 3.63) is 28.6 Å². The molecule has 1 aliphatic heterocycles. The molecule has 5 heteroatoms. The molecule has 2 heterocycles. The van der Waals surface area contributed by atoms with E-state index in [1.54, 1.807) is 12.2 Å². The number of aromatic amines is 1. The second-order valence-electron chi connectivity index (χ2n) is 2.51. The van der Waals surface area contributed by atoms with E-state index in [1.165, 1.54) is 12.5 Å². The zero-order valence-electron chi connectivity index (χ0n) is 6.65. The van der Waals surface area contributed by atoms with Crippen molar-refractivity contribution >= 4 is 18.2 Å². The highest BCUT2D eigenvalue weighted by Crippen LogP contribution is 1.85. The first-order valence-electron chi connectivity index (χ1n) is 3.66. The predicted octanol–water partition coefficient (Wildman–Crippen LogP) is -1.43. The van der Waals surface area contributed by atoms with Gasteiger partial charge in [0.05, 0.1) is 6.26 Å². The number of primary amides is 1. The van der Waals surface area contributed by atoms with E-state index >= 15 is 0 Å². The summed E-state index contributed by atoms with van der Waals surface area (Å²) < 4.78 is 4.95. The van der Waals surface area contributed by atoms with Gasteiger partial charge in [-0.15, -0.1) is 0 Å². The van der Waals surface area contributed by atoms with Gasteiger partial charge in [0.2, 0.25) is 0 Å². The molecule has 5 nitrogen and oxygen atoms in total. The lowest BCUT2D eigenvalue weighted by Crippen LogP contribution is -2.29. The van der Waals surface area contributed by atoms with Gasteiger partial charge >= 0.3 is 0 Å². The number of allylic oxidation sites excluding steroid dienone is 1. The third-order valence-electron chi connectivity index (χ3n) is 1.67. The Bertz CT molecular complexity index is 484. The summed E-state index contributed by atoms with van der Waals surface area (Å²) in [5.41, 5.74) is 5.34. The van der Waals surface area contributed by atoms with E-state index in [2.05, 4.69) is 10.2 Å². The zero-order valence-corrected chi connectivity index (χ0v) is 6.65. The summed E-state index contributed by atoms with van der Waals surface area (Å²) in [6.07, 6.45) is 6.35. The lowest BCUT2D eigenvalue weighted by Gasteiger charge is -1.83. The van der Waals surface area contributed by atoms with E-state index in [9.17, 15) is 4.79 Å². The molecule has 0 atom stereocenters. The van der Waals surface area contributed by atoms with Crippen molar-refractivity contribution in [3.63, 3.8) is 0 Å².